The summed E-state index contributed by atoms with van der Waals surface area (Å²) < 4.78 is 9.10. The fourth-order valence-corrected chi connectivity index (χ4v) is 1.26. The SMILES string of the molecule is COC(=O)C(O)(C(=O)O)C(N)CC(=O)OC(C)(C)C. The van der Waals surface area contributed by atoms with Gasteiger partial charge in [0.25, 0.3) is 5.60 Å². The fourth-order valence-electron chi connectivity index (χ4n) is 1.26. The Labute approximate surface area is 110 Å². The molecule has 0 aromatic heterocycles. The number of methoxy groups -OCH3 is 1. The summed E-state index contributed by atoms with van der Waals surface area (Å²) in [6.07, 6.45) is -0.644. The van der Waals surface area contributed by atoms with Gasteiger partial charge in [-0.3, -0.25) is 4.79 Å². The molecule has 0 bridgehead atoms. The predicted octanol–water partition coefficient (Wildman–Crippen LogP) is -0.966. The lowest BCUT2D eigenvalue weighted by Gasteiger charge is -2.27. The van der Waals surface area contributed by atoms with Gasteiger partial charge in [-0.1, -0.05) is 0 Å². The zero-order valence-electron chi connectivity index (χ0n) is 11.3. The molecule has 8 nitrogen and oxygen atoms in total. The van der Waals surface area contributed by atoms with Crippen molar-refractivity contribution in [2.75, 3.05) is 7.11 Å². The Morgan fingerprint density at radius 2 is 1.74 bits per heavy atom. The number of hydrogen-bond acceptors (Lipinski definition) is 7. The molecule has 4 N–H and O–H groups in total. The molecule has 0 saturated carbocycles. The smallest absolute Gasteiger partial charge is 0.351 e. The predicted molar refractivity (Wildman–Crippen MR) is 63.0 cm³/mol. The highest BCUT2D eigenvalue weighted by atomic mass is 16.6. The van der Waals surface area contributed by atoms with E-state index in [1.807, 2.05) is 0 Å². The molecule has 0 aliphatic heterocycles. The summed E-state index contributed by atoms with van der Waals surface area (Å²) >= 11 is 0. The molecule has 0 heterocycles. The molecule has 0 spiro atoms. The number of esters is 2. The number of rotatable bonds is 5. The van der Waals surface area contributed by atoms with Crippen molar-refractivity contribution in [3.8, 4) is 0 Å². The minimum Gasteiger partial charge on any atom is -0.479 e. The monoisotopic (exact) mass is 277 g/mol. The average Bonchev–Trinajstić information content (AvgIpc) is 2.23. The summed E-state index contributed by atoms with van der Waals surface area (Å²) in [6.45, 7) is 4.83. The van der Waals surface area contributed by atoms with E-state index < -0.39 is 41.6 Å². The van der Waals surface area contributed by atoms with Crippen LogP contribution in [0.15, 0.2) is 0 Å². The molecule has 110 valence electrons. The summed E-state index contributed by atoms with van der Waals surface area (Å²) in [6, 6.07) is -1.69. The van der Waals surface area contributed by atoms with Crippen LogP contribution in [0.2, 0.25) is 0 Å². The summed E-state index contributed by atoms with van der Waals surface area (Å²) in [4.78, 5) is 33.7. The van der Waals surface area contributed by atoms with E-state index in [1.165, 1.54) is 0 Å². The number of carbonyl (C=O) groups is 3. The van der Waals surface area contributed by atoms with E-state index in [-0.39, 0.29) is 0 Å². The van der Waals surface area contributed by atoms with E-state index in [2.05, 4.69) is 4.74 Å². The van der Waals surface area contributed by atoms with E-state index in [4.69, 9.17) is 15.6 Å². The quantitative estimate of drug-likeness (QED) is 0.431. The van der Waals surface area contributed by atoms with Gasteiger partial charge in [-0.2, -0.15) is 0 Å². The van der Waals surface area contributed by atoms with Gasteiger partial charge in [0.15, 0.2) is 0 Å². The van der Waals surface area contributed by atoms with Gasteiger partial charge < -0.3 is 25.4 Å². The lowest BCUT2D eigenvalue weighted by atomic mass is 9.92. The van der Waals surface area contributed by atoms with Crippen LogP contribution in [-0.4, -0.2) is 52.5 Å². The molecule has 0 fully saturated rings. The second-order valence-corrected chi connectivity index (χ2v) is 4.96. The van der Waals surface area contributed by atoms with Crippen molar-refractivity contribution in [2.45, 2.75) is 44.4 Å². The molecule has 0 amide bonds. The van der Waals surface area contributed by atoms with Crippen molar-refractivity contribution in [1.82, 2.24) is 0 Å². The molecular formula is C11H19NO7. The average molecular weight is 277 g/mol. The van der Waals surface area contributed by atoms with E-state index in [0.717, 1.165) is 7.11 Å². The first-order chi connectivity index (χ1) is 8.45. The van der Waals surface area contributed by atoms with Crippen LogP contribution < -0.4 is 5.73 Å². The van der Waals surface area contributed by atoms with Crippen molar-refractivity contribution in [2.24, 2.45) is 5.73 Å². The third-order valence-corrected chi connectivity index (χ3v) is 2.17. The molecule has 0 aromatic rings. The van der Waals surface area contributed by atoms with Gasteiger partial charge in [-0.15, -0.1) is 0 Å². The summed E-state index contributed by atoms with van der Waals surface area (Å²) in [5, 5.41) is 18.6. The van der Waals surface area contributed by atoms with Crippen LogP contribution in [-0.2, 0) is 23.9 Å². The highest BCUT2D eigenvalue weighted by Crippen LogP contribution is 2.17. The number of aliphatic hydroxyl groups is 1. The first-order valence-electron chi connectivity index (χ1n) is 5.46. The van der Waals surface area contributed by atoms with E-state index >= 15 is 0 Å². The Morgan fingerprint density at radius 3 is 2.05 bits per heavy atom. The van der Waals surface area contributed by atoms with Crippen LogP contribution >= 0.6 is 0 Å². The maximum Gasteiger partial charge on any atom is 0.351 e. The molecule has 0 radical (unpaired) electrons. The zero-order chi connectivity index (χ0) is 15.4. The maximum atomic E-state index is 11.5. The molecule has 0 aliphatic rings. The molecule has 8 heteroatoms. The second kappa shape index (κ2) is 5.98. The molecule has 2 unspecified atom stereocenters. The normalized spacial score (nSPS) is 16.1. The summed E-state index contributed by atoms with van der Waals surface area (Å²) in [7, 11) is 0.899. The zero-order valence-corrected chi connectivity index (χ0v) is 11.3. The van der Waals surface area contributed by atoms with Gasteiger partial charge in [0, 0.05) is 0 Å². The maximum absolute atomic E-state index is 11.5. The van der Waals surface area contributed by atoms with E-state index in [1.54, 1.807) is 20.8 Å². The van der Waals surface area contributed by atoms with Crippen LogP contribution in [0.4, 0.5) is 0 Å². The topological polar surface area (TPSA) is 136 Å². The van der Waals surface area contributed by atoms with Gasteiger partial charge >= 0.3 is 17.9 Å². The molecule has 2 atom stereocenters. The number of carboxylic acid groups (broad SMARTS) is 1. The molecule has 19 heavy (non-hydrogen) atoms. The summed E-state index contributed by atoms with van der Waals surface area (Å²) in [5.74, 6) is -4.17. The molecular weight excluding hydrogens is 258 g/mol. The van der Waals surface area contributed by atoms with E-state index in [9.17, 15) is 19.5 Å². The van der Waals surface area contributed by atoms with Gasteiger partial charge in [-0.05, 0) is 20.8 Å². The molecule has 0 saturated heterocycles. The highest BCUT2D eigenvalue weighted by Gasteiger charge is 2.52. The van der Waals surface area contributed by atoms with Crippen molar-refractivity contribution in [3.63, 3.8) is 0 Å². The van der Waals surface area contributed by atoms with Crippen molar-refractivity contribution in [3.05, 3.63) is 0 Å². The number of ether oxygens (including phenoxy) is 2. The molecule has 0 aromatic carbocycles. The number of hydrogen-bond donors (Lipinski definition) is 3. The van der Waals surface area contributed by atoms with Crippen LogP contribution in [0.5, 0.6) is 0 Å². The van der Waals surface area contributed by atoms with Crippen molar-refractivity contribution < 1.29 is 34.1 Å². The standard InChI is InChI=1S/C11H19NO7/c1-10(2,3)19-7(13)5-6(12)11(17,8(14)15)9(16)18-4/h6,17H,5,12H2,1-4H3,(H,14,15). The Hall–Kier alpha value is -1.67. The van der Waals surface area contributed by atoms with Gasteiger partial charge in [-0.25, -0.2) is 9.59 Å². The number of carboxylic acids is 1. The van der Waals surface area contributed by atoms with Gasteiger partial charge in [0.05, 0.1) is 19.6 Å². The highest BCUT2D eigenvalue weighted by molar-refractivity contribution is 6.03. The van der Waals surface area contributed by atoms with Crippen LogP contribution in [0, 0.1) is 0 Å². The first-order valence-corrected chi connectivity index (χ1v) is 5.46. The Kier molecular flexibility index (Phi) is 5.46. The number of nitrogens with two attached hydrogens (primary N) is 1. The van der Waals surface area contributed by atoms with Crippen molar-refractivity contribution >= 4 is 17.9 Å². The Bertz CT molecular complexity index is 374. The van der Waals surface area contributed by atoms with Crippen LogP contribution in [0.1, 0.15) is 27.2 Å². The second-order valence-electron chi connectivity index (χ2n) is 4.96. The third kappa shape index (κ3) is 4.49. The van der Waals surface area contributed by atoms with Crippen molar-refractivity contribution in [1.29, 1.82) is 0 Å². The Morgan fingerprint density at radius 1 is 1.26 bits per heavy atom. The Balaban J connectivity index is 4.96. The minimum atomic E-state index is -2.99. The lowest BCUT2D eigenvalue weighted by molar-refractivity contribution is -0.181. The first kappa shape index (κ1) is 17.3. The fraction of sp³-hybridized carbons (Fsp3) is 0.727. The van der Waals surface area contributed by atoms with Gasteiger partial charge in [0.2, 0.25) is 0 Å². The van der Waals surface area contributed by atoms with Crippen LogP contribution in [0.3, 0.4) is 0 Å². The van der Waals surface area contributed by atoms with Crippen LogP contribution in [0.25, 0.3) is 0 Å². The molecule has 0 rings (SSSR count). The summed E-state index contributed by atoms with van der Waals surface area (Å²) in [5.41, 5.74) is 1.63. The van der Waals surface area contributed by atoms with E-state index in [0.29, 0.717) is 0 Å². The number of carbonyl (C=O) groups excluding carboxylic acids is 2. The van der Waals surface area contributed by atoms with Gasteiger partial charge in [0.1, 0.15) is 5.60 Å². The lowest BCUT2D eigenvalue weighted by Crippen LogP contribution is -2.60. The molecule has 0 aliphatic carbocycles. The number of aliphatic carboxylic acids is 1. The third-order valence-electron chi connectivity index (χ3n) is 2.17. The largest absolute Gasteiger partial charge is 0.479 e. The minimum absolute atomic E-state index is 0.644.